The summed E-state index contributed by atoms with van der Waals surface area (Å²) in [6.07, 6.45) is 3.70. The van der Waals surface area contributed by atoms with Crippen LogP contribution in [0.5, 0.6) is 0 Å². The number of anilines is 1. The molecule has 2 aromatic rings. The monoisotopic (exact) mass is 279 g/mol. The molecular weight excluding hydrogens is 262 g/mol. The first-order valence-electron chi connectivity index (χ1n) is 6.77. The average Bonchev–Trinajstić information content (AvgIpc) is 2.49. The predicted octanol–water partition coefficient (Wildman–Crippen LogP) is 3.02. The van der Waals surface area contributed by atoms with Crippen LogP contribution < -0.4 is 5.32 Å². The molecule has 0 aliphatic carbocycles. The highest BCUT2D eigenvalue weighted by Gasteiger charge is 2.18. The Labute approximate surface area is 124 Å². The molecule has 1 unspecified atom stereocenters. The summed E-state index contributed by atoms with van der Waals surface area (Å²) in [6, 6.07) is 11.4. The van der Waals surface area contributed by atoms with Crippen molar-refractivity contribution in [2.45, 2.75) is 20.3 Å². The van der Waals surface area contributed by atoms with E-state index >= 15 is 0 Å². The number of rotatable bonds is 4. The molecule has 1 aromatic carbocycles. The van der Waals surface area contributed by atoms with Crippen LogP contribution in [0.1, 0.15) is 16.7 Å². The zero-order valence-electron chi connectivity index (χ0n) is 12.1. The highest BCUT2D eigenvalue weighted by atomic mass is 16.1. The summed E-state index contributed by atoms with van der Waals surface area (Å²) in [5.41, 5.74) is 3.92. The van der Waals surface area contributed by atoms with E-state index in [0.29, 0.717) is 6.42 Å². The van der Waals surface area contributed by atoms with Crippen molar-refractivity contribution >= 4 is 11.6 Å². The summed E-state index contributed by atoms with van der Waals surface area (Å²) in [4.78, 5) is 16.1. The second-order valence-corrected chi connectivity index (χ2v) is 5.03. The van der Waals surface area contributed by atoms with Crippen LogP contribution in [0.15, 0.2) is 42.7 Å². The maximum atomic E-state index is 12.2. The Hall–Kier alpha value is -2.67. The predicted molar refractivity (Wildman–Crippen MR) is 81.6 cm³/mol. The van der Waals surface area contributed by atoms with Crippen molar-refractivity contribution in [2.24, 2.45) is 5.92 Å². The summed E-state index contributed by atoms with van der Waals surface area (Å²) in [6.45, 7) is 4.01. The first-order valence-corrected chi connectivity index (χ1v) is 6.77. The number of benzene rings is 1. The van der Waals surface area contributed by atoms with E-state index in [2.05, 4.69) is 16.4 Å². The second kappa shape index (κ2) is 6.67. The molecule has 0 radical (unpaired) electrons. The zero-order valence-corrected chi connectivity index (χ0v) is 12.1. The smallest absolute Gasteiger partial charge is 0.242 e. The van der Waals surface area contributed by atoms with Gasteiger partial charge in [0.1, 0.15) is 5.92 Å². The van der Waals surface area contributed by atoms with Gasteiger partial charge in [0, 0.05) is 18.1 Å². The fourth-order valence-corrected chi connectivity index (χ4v) is 2.00. The molecule has 1 amide bonds. The van der Waals surface area contributed by atoms with Crippen LogP contribution in [0.2, 0.25) is 0 Å². The van der Waals surface area contributed by atoms with E-state index in [-0.39, 0.29) is 5.91 Å². The van der Waals surface area contributed by atoms with Gasteiger partial charge in [-0.05, 0) is 61.2 Å². The van der Waals surface area contributed by atoms with Crippen molar-refractivity contribution < 1.29 is 4.79 Å². The number of nitriles is 1. The maximum Gasteiger partial charge on any atom is 0.242 e. The summed E-state index contributed by atoms with van der Waals surface area (Å²) < 4.78 is 0. The molecule has 0 spiro atoms. The molecule has 106 valence electrons. The topological polar surface area (TPSA) is 65.8 Å². The van der Waals surface area contributed by atoms with E-state index in [0.717, 1.165) is 16.8 Å². The average molecular weight is 279 g/mol. The lowest BCUT2D eigenvalue weighted by Crippen LogP contribution is -2.23. The SMILES string of the molecule is Cc1ccc(NC(=O)C(C#N)Cc2ccncc2)cc1C. The molecule has 1 aromatic heterocycles. The number of pyridine rings is 1. The van der Waals surface area contributed by atoms with E-state index in [4.69, 9.17) is 0 Å². The molecule has 1 atom stereocenters. The molecule has 0 fully saturated rings. The first-order chi connectivity index (χ1) is 10.1. The lowest BCUT2D eigenvalue weighted by molar-refractivity contribution is -0.118. The molecule has 0 bridgehead atoms. The Morgan fingerprint density at radius 2 is 1.95 bits per heavy atom. The minimum atomic E-state index is -0.714. The molecule has 2 rings (SSSR count). The third-order valence-corrected chi connectivity index (χ3v) is 3.44. The van der Waals surface area contributed by atoms with Crippen LogP contribution >= 0.6 is 0 Å². The number of amides is 1. The number of carbonyl (C=O) groups excluding carboxylic acids is 1. The van der Waals surface area contributed by atoms with Gasteiger partial charge in [-0.3, -0.25) is 9.78 Å². The molecule has 4 heteroatoms. The summed E-state index contributed by atoms with van der Waals surface area (Å²) in [5, 5.41) is 12.0. The van der Waals surface area contributed by atoms with Crippen LogP contribution in [0.3, 0.4) is 0 Å². The van der Waals surface area contributed by atoms with Gasteiger partial charge in [-0.25, -0.2) is 0 Å². The minimum Gasteiger partial charge on any atom is -0.325 e. The minimum absolute atomic E-state index is 0.280. The van der Waals surface area contributed by atoms with Gasteiger partial charge in [0.05, 0.1) is 6.07 Å². The van der Waals surface area contributed by atoms with Crippen molar-refractivity contribution in [3.8, 4) is 6.07 Å². The molecule has 0 saturated heterocycles. The Morgan fingerprint density at radius 1 is 1.24 bits per heavy atom. The van der Waals surface area contributed by atoms with Crippen molar-refractivity contribution in [3.05, 3.63) is 59.4 Å². The number of aryl methyl sites for hydroxylation is 2. The van der Waals surface area contributed by atoms with Gasteiger partial charge in [0.25, 0.3) is 0 Å². The molecule has 0 saturated carbocycles. The summed E-state index contributed by atoms with van der Waals surface area (Å²) in [5.74, 6) is -0.994. The molecule has 0 aliphatic rings. The van der Waals surface area contributed by atoms with Gasteiger partial charge in [0.15, 0.2) is 0 Å². The van der Waals surface area contributed by atoms with Gasteiger partial charge in [-0.15, -0.1) is 0 Å². The Balaban J connectivity index is 2.07. The Kier molecular flexibility index (Phi) is 4.68. The molecule has 0 aliphatic heterocycles. The van der Waals surface area contributed by atoms with Crippen molar-refractivity contribution in [1.29, 1.82) is 5.26 Å². The molecular formula is C17H17N3O. The standard InChI is InChI=1S/C17H17N3O/c1-12-3-4-16(9-13(12)2)20-17(21)15(11-18)10-14-5-7-19-8-6-14/h3-9,15H,10H2,1-2H3,(H,20,21). The van der Waals surface area contributed by atoms with Crippen LogP contribution in [0.25, 0.3) is 0 Å². The number of carbonyl (C=O) groups is 1. The fraction of sp³-hybridized carbons (Fsp3) is 0.235. The summed E-state index contributed by atoms with van der Waals surface area (Å²) >= 11 is 0. The van der Waals surface area contributed by atoms with Crippen LogP contribution in [0.4, 0.5) is 5.69 Å². The lowest BCUT2D eigenvalue weighted by atomic mass is 10.0. The molecule has 21 heavy (non-hydrogen) atoms. The normalized spacial score (nSPS) is 11.5. The maximum absolute atomic E-state index is 12.2. The first kappa shape index (κ1) is 14.7. The van der Waals surface area contributed by atoms with E-state index in [9.17, 15) is 10.1 Å². The number of hydrogen-bond donors (Lipinski definition) is 1. The molecule has 1 N–H and O–H groups in total. The van der Waals surface area contributed by atoms with Crippen LogP contribution in [-0.2, 0) is 11.2 Å². The van der Waals surface area contributed by atoms with Crippen molar-refractivity contribution in [3.63, 3.8) is 0 Å². The molecule has 4 nitrogen and oxygen atoms in total. The van der Waals surface area contributed by atoms with E-state index in [1.165, 1.54) is 5.56 Å². The van der Waals surface area contributed by atoms with Crippen molar-refractivity contribution in [1.82, 2.24) is 4.98 Å². The second-order valence-electron chi connectivity index (χ2n) is 5.03. The van der Waals surface area contributed by atoms with E-state index in [1.807, 2.05) is 44.2 Å². The van der Waals surface area contributed by atoms with Gasteiger partial charge in [-0.2, -0.15) is 5.26 Å². The summed E-state index contributed by atoms with van der Waals surface area (Å²) in [7, 11) is 0. The number of nitrogens with zero attached hydrogens (tertiary/aromatic N) is 2. The third-order valence-electron chi connectivity index (χ3n) is 3.44. The zero-order chi connectivity index (χ0) is 15.2. The lowest BCUT2D eigenvalue weighted by Gasteiger charge is -2.11. The fourth-order valence-electron chi connectivity index (χ4n) is 2.00. The van der Waals surface area contributed by atoms with E-state index in [1.54, 1.807) is 12.4 Å². The Morgan fingerprint density at radius 3 is 2.57 bits per heavy atom. The van der Waals surface area contributed by atoms with E-state index < -0.39 is 5.92 Å². The highest BCUT2D eigenvalue weighted by Crippen LogP contribution is 2.16. The van der Waals surface area contributed by atoms with Gasteiger partial charge in [-0.1, -0.05) is 6.07 Å². The van der Waals surface area contributed by atoms with Gasteiger partial charge < -0.3 is 5.32 Å². The number of hydrogen-bond acceptors (Lipinski definition) is 3. The van der Waals surface area contributed by atoms with Crippen LogP contribution in [-0.4, -0.2) is 10.9 Å². The highest BCUT2D eigenvalue weighted by molar-refractivity contribution is 5.94. The number of aromatic nitrogens is 1. The molecule has 1 heterocycles. The number of nitrogens with one attached hydrogen (secondary N) is 1. The third kappa shape index (κ3) is 3.90. The Bertz CT molecular complexity index is 674. The van der Waals surface area contributed by atoms with Gasteiger partial charge in [0.2, 0.25) is 5.91 Å². The largest absolute Gasteiger partial charge is 0.325 e. The van der Waals surface area contributed by atoms with Crippen molar-refractivity contribution in [2.75, 3.05) is 5.32 Å². The van der Waals surface area contributed by atoms with Gasteiger partial charge >= 0.3 is 0 Å². The van der Waals surface area contributed by atoms with Crippen LogP contribution in [0, 0.1) is 31.1 Å². The quantitative estimate of drug-likeness (QED) is 0.935.